The van der Waals surface area contributed by atoms with E-state index in [1.165, 1.54) is 19.1 Å². The van der Waals surface area contributed by atoms with Crippen molar-refractivity contribution in [2.24, 2.45) is 0 Å². The largest absolute Gasteiger partial charge is 0.478 e. The molecule has 0 aromatic heterocycles. The average molecular weight is 346 g/mol. The molecule has 126 valence electrons. The molecular formula is C14H16ClNO7. The number of halogens is 1. The van der Waals surface area contributed by atoms with Crippen molar-refractivity contribution >= 4 is 29.6 Å². The molecule has 0 fully saturated rings. The second-order valence-corrected chi connectivity index (χ2v) is 4.80. The lowest BCUT2D eigenvalue weighted by molar-refractivity contribution is -0.162. The summed E-state index contributed by atoms with van der Waals surface area (Å²) < 4.78 is 14.5. The fourth-order valence-electron chi connectivity index (χ4n) is 1.51. The first-order chi connectivity index (χ1) is 10.8. The van der Waals surface area contributed by atoms with Gasteiger partial charge in [0, 0.05) is 18.9 Å². The fourth-order valence-corrected chi connectivity index (χ4v) is 1.69. The number of hydrogen-bond acceptors (Lipinski definition) is 6. The molecule has 0 bridgehead atoms. The molecule has 0 aliphatic carbocycles. The minimum Gasteiger partial charge on any atom is -0.478 e. The summed E-state index contributed by atoms with van der Waals surface area (Å²) in [5.74, 6) is -1.65. The summed E-state index contributed by atoms with van der Waals surface area (Å²) in [4.78, 5) is 33.3. The molecule has 1 amide bonds. The lowest BCUT2D eigenvalue weighted by atomic mass is 10.3. The smallest absolute Gasteiger partial charge is 0.410 e. The van der Waals surface area contributed by atoms with Crippen molar-refractivity contribution in [3.05, 3.63) is 29.3 Å². The number of carbonyl (C=O) groups is 3. The number of carbonyl (C=O) groups excluding carboxylic acids is 2. The van der Waals surface area contributed by atoms with Crippen LogP contribution in [0.2, 0.25) is 5.02 Å². The summed E-state index contributed by atoms with van der Waals surface area (Å²) >= 11 is 5.78. The summed E-state index contributed by atoms with van der Waals surface area (Å²) in [6.07, 6.45) is -3.38. The van der Waals surface area contributed by atoms with Gasteiger partial charge in [-0.25, -0.2) is 9.59 Å². The van der Waals surface area contributed by atoms with Gasteiger partial charge in [0.05, 0.1) is 6.54 Å². The number of benzene rings is 1. The van der Waals surface area contributed by atoms with Gasteiger partial charge in [0.25, 0.3) is 0 Å². The zero-order valence-corrected chi connectivity index (χ0v) is 13.2. The minimum atomic E-state index is -1.34. The van der Waals surface area contributed by atoms with Crippen LogP contribution in [0.1, 0.15) is 13.8 Å². The molecule has 0 spiro atoms. The minimum absolute atomic E-state index is 0.244. The van der Waals surface area contributed by atoms with Crippen molar-refractivity contribution in [1.29, 1.82) is 0 Å². The highest BCUT2D eigenvalue weighted by Crippen LogP contribution is 2.18. The number of ether oxygens (including phenoxy) is 3. The molecule has 0 radical (unpaired) electrons. The molecule has 1 aromatic carbocycles. The van der Waals surface area contributed by atoms with E-state index in [4.69, 9.17) is 26.2 Å². The quantitative estimate of drug-likeness (QED) is 0.572. The van der Waals surface area contributed by atoms with Crippen LogP contribution in [0.5, 0.6) is 5.75 Å². The van der Waals surface area contributed by atoms with Gasteiger partial charge in [0.1, 0.15) is 5.75 Å². The third-order valence-corrected chi connectivity index (χ3v) is 2.62. The molecule has 8 nitrogen and oxygen atoms in total. The molecular weight excluding hydrogens is 330 g/mol. The van der Waals surface area contributed by atoms with Crippen LogP contribution in [-0.4, -0.2) is 42.1 Å². The molecule has 2 atom stereocenters. The summed E-state index contributed by atoms with van der Waals surface area (Å²) in [5, 5.41) is 11.7. The molecule has 9 heteroatoms. The van der Waals surface area contributed by atoms with Gasteiger partial charge in [-0.1, -0.05) is 17.7 Å². The number of carboxylic acid groups (broad SMARTS) is 1. The summed E-state index contributed by atoms with van der Waals surface area (Å²) in [5.41, 5.74) is 0. The maximum absolute atomic E-state index is 11.5. The molecule has 23 heavy (non-hydrogen) atoms. The van der Waals surface area contributed by atoms with Gasteiger partial charge in [0.2, 0.25) is 12.4 Å². The van der Waals surface area contributed by atoms with Crippen LogP contribution in [0.15, 0.2) is 24.3 Å². The maximum atomic E-state index is 11.5. The first-order valence-corrected chi connectivity index (χ1v) is 6.92. The van der Waals surface area contributed by atoms with E-state index in [-0.39, 0.29) is 12.3 Å². The van der Waals surface area contributed by atoms with E-state index in [9.17, 15) is 14.4 Å². The predicted octanol–water partition coefficient (Wildman–Crippen LogP) is 1.81. The molecule has 2 N–H and O–H groups in total. The lowest BCUT2D eigenvalue weighted by Gasteiger charge is -2.17. The Bertz CT molecular complexity index is 578. The Morgan fingerprint density at radius 2 is 2.00 bits per heavy atom. The standard InChI is InChI=1S/C14H16ClNO7/c1-8(17)21-9(2)22-14(20)16-7-12(13(18)19)23-11-5-3-4-10(15)6-11/h3-6,9,12H,7H2,1-2H3,(H,16,20)(H,18,19)/t9-,12-/m0/s1. The molecule has 1 rings (SSSR count). The number of aliphatic carboxylic acids is 1. The zero-order chi connectivity index (χ0) is 17.4. The Labute approximate surface area is 137 Å². The van der Waals surface area contributed by atoms with Crippen LogP contribution in [0.4, 0.5) is 4.79 Å². The second kappa shape index (κ2) is 8.84. The number of carboxylic acids is 1. The van der Waals surface area contributed by atoms with Crippen molar-refractivity contribution in [3.63, 3.8) is 0 Å². The molecule has 0 aliphatic heterocycles. The monoisotopic (exact) mass is 345 g/mol. The predicted molar refractivity (Wildman–Crippen MR) is 79.2 cm³/mol. The van der Waals surface area contributed by atoms with Gasteiger partial charge in [0.15, 0.2) is 0 Å². The van der Waals surface area contributed by atoms with Crippen LogP contribution >= 0.6 is 11.6 Å². The van der Waals surface area contributed by atoms with Crippen LogP contribution in [0, 0.1) is 0 Å². The highest BCUT2D eigenvalue weighted by atomic mass is 35.5. The van der Waals surface area contributed by atoms with E-state index in [0.717, 1.165) is 6.92 Å². The number of nitrogens with one attached hydrogen (secondary N) is 1. The topological polar surface area (TPSA) is 111 Å². The number of hydrogen-bond donors (Lipinski definition) is 2. The fraction of sp³-hybridized carbons (Fsp3) is 0.357. The second-order valence-electron chi connectivity index (χ2n) is 4.37. The average Bonchev–Trinajstić information content (AvgIpc) is 2.42. The van der Waals surface area contributed by atoms with E-state index in [0.29, 0.717) is 5.02 Å². The van der Waals surface area contributed by atoms with E-state index in [1.54, 1.807) is 12.1 Å². The Hall–Kier alpha value is -2.48. The van der Waals surface area contributed by atoms with Crippen molar-refractivity contribution in [2.75, 3.05) is 6.54 Å². The van der Waals surface area contributed by atoms with Gasteiger partial charge in [-0.2, -0.15) is 0 Å². The van der Waals surface area contributed by atoms with Gasteiger partial charge in [-0.05, 0) is 18.2 Å². The zero-order valence-electron chi connectivity index (χ0n) is 12.4. The Kier molecular flexibility index (Phi) is 7.14. The van der Waals surface area contributed by atoms with Crippen LogP contribution in [-0.2, 0) is 19.1 Å². The highest BCUT2D eigenvalue weighted by Gasteiger charge is 2.21. The van der Waals surface area contributed by atoms with Crippen LogP contribution < -0.4 is 10.1 Å². The van der Waals surface area contributed by atoms with Crippen molar-refractivity contribution in [1.82, 2.24) is 5.32 Å². The third kappa shape index (κ3) is 7.37. The van der Waals surface area contributed by atoms with Gasteiger partial charge in [-0.15, -0.1) is 0 Å². The molecule has 0 heterocycles. The lowest BCUT2D eigenvalue weighted by Crippen LogP contribution is -2.41. The van der Waals surface area contributed by atoms with E-state index in [1.807, 2.05) is 0 Å². The SMILES string of the molecule is CC(=O)O[C@H](C)OC(=O)NC[C@H](Oc1cccc(Cl)c1)C(=O)O. The summed E-state index contributed by atoms with van der Waals surface area (Å²) in [6.45, 7) is 2.16. The summed E-state index contributed by atoms with van der Waals surface area (Å²) in [7, 11) is 0. The first-order valence-electron chi connectivity index (χ1n) is 6.54. The van der Waals surface area contributed by atoms with E-state index < -0.39 is 30.4 Å². The maximum Gasteiger partial charge on any atom is 0.410 e. The number of amides is 1. The first kappa shape index (κ1) is 18.6. The van der Waals surface area contributed by atoms with Crippen molar-refractivity contribution < 1.29 is 33.7 Å². The number of esters is 1. The Balaban J connectivity index is 2.52. The van der Waals surface area contributed by atoms with Gasteiger partial charge in [-0.3, -0.25) is 4.79 Å². The molecule has 0 saturated carbocycles. The van der Waals surface area contributed by atoms with Crippen molar-refractivity contribution in [2.45, 2.75) is 26.2 Å². The Morgan fingerprint density at radius 1 is 1.30 bits per heavy atom. The summed E-state index contributed by atoms with van der Waals surface area (Å²) in [6, 6.07) is 6.18. The van der Waals surface area contributed by atoms with Crippen molar-refractivity contribution in [3.8, 4) is 5.75 Å². The van der Waals surface area contributed by atoms with E-state index >= 15 is 0 Å². The third-order valence-electron chi connectivity index (χ3n) is 2.39. The van der Waals surface area contributed by atoms with Gasteiger partial charge >= 0.3 is 18.0 Å². The number of rotatable bonds is 7. The van der Waals surface area contributed by atoms with Crippen LogP contribution in [0.3, 0.4) is 0 Å². The molecule has 0 unspecified atom stereocenters. The molecule has 0 aliphatic rings. The normalized spacial score (nSPS) is 12.7. The Morgan fingerprint density at radius 3 is 2.57 bits per heavy atom. The molecule has 1 aromatic rings. The highest BCUT2D eigenvalue weighted by molar-refractivity contribution is 6.30. The van der Waals surface area contributed by atoms with E-state index in [2.05, 4.69) is 10.1 Å². The number of alkyl carbamates (subject to hydrolysis) is 1. The molecule has 0 saturated heterocycles. The van der Waals surface area contributed by atoms with Crippen LogP contribution in [0.25, 0.3) is 0 Å². The van der Waals surface area contributed by atoms with Gasteiger partial charge < -0.3 is 24.6 Å².